The van der Waals surface area contributed by atoms with Gasteiger partial charge in [-0.15, -0.1) is 24.8 Å². The van der Waals surface area contributed by atoms with Crippen molar-refractivity contribution >= 4 is 24.8 Å². The molecule has 0 bridgehead atoms. The number of halogens is 2. The Balaban J connectivity index is -0.000000107. The molecule has 0 radical (unpaired) electrons. The van der Waals surface area contributed by atoms with Gasteiger partial charge in [0.15, 0.2) is 0 Å². The zero-order valence-corrected chi connectivity index (χ0v) is 10.4. The van der Waals surface area contributed by atoms with E-state index in [-0.39, 0.29) is 41.9 Å². The maximum atomic E-state index is 5.92. The van der Waals surface area contributed by atoms with E-state index in [9.17, 15) is 0 Å². The quantitative estimate of drug-likeness (QED) is 0.749. The second-order valence-electron chi connectivity index (χ2n) is 3.96. The van der Waals surface area contributed by atoms with Crippen LogP contribution in [-0.4, -0.2) is 5.54 Å². The first-order chi connectivity index (χ1) is 3.81. The molecule has 0 aromatic heterocycles. The average molecular weight is 219 g/mol. The van der Waals surface area contributed by atoms with Gasteiger partial charge in [-0.2, -0.15) is 0 Å². The molecule has 0 atom stereocenters. The summed E-state index contributed by atoms with van der Waals surface area (Å²) in [5.74, 6) is 0. The van der Waals surface area contributed by atoms with E-state index in [0.717, 1.165) is 6.42 Å². The highest BCUT2D eigenvalue weighted by molar-refractivity contribution is 5.85. The number of nitrogens with two attached hydrogens (primary N) is 1. The van der Waals surface area contributed by atoms with Crippen molar-refractivity contribution in [3.05, 3.63) is 0 Å². The second kappa shape index (κ2) is 6.96. The highest BCUT2D eigenvalue weighted by atomic mass is 35.5. The van der Waals surface area contributed by atoms with E-state index in [1.807, 2.05) is 0 Å². The maximum absolute atomic E-state index is 5.92. The van der Waals surface area contributed by atoms with Crippen LogP contribution in [0.5, 0.6) is 0 Å². The van der Waals surface area contributed by atoms with Gasteiger partial charge in [-0.1, -0.05) is 20.8 Å². The number of hydrogen-bond acceptors (Lipinski definition) is 2. The Labute approximate surface area is 89.1 Å². The van der Waals surface area contributed by atoms with Gasteiger partial charge in [-0.25, -0.2) is 0 Å². The number of rotatable bonds is 2. The molecule has 0 aliphatic heterocycles. The van der Waals surface area contributed by atoms with Crippen LogP contribution in [0.15, 0.2) is 0 Å². The second-order valence-corrected chi connectivity index (χ2v) is 3.96. The highest BCUT2D eigenvalue weighted by Crippen LogP contribution is 2.30. The molecule has 0 unspecified atom stereocenters. The third-order valence-corrected chi connectivity index (χ3v) is 2.63. The minimum absolute atomic E-state index is 0. The van der Waals surface area contributed by atoms with E-state index in [2.05, 4.69) is 34.6 Å². The minimum atomic E-state index is -0.0538. The molecule has 0 saturated carbocycles. The molecule has 0 aromatic carbocycles. The summed E-state index contributed by atoms with van der Waals surface area (Å²) < 4.78 is 0. The van der Waals surface area contributed by atoms with E-state index >= 15 is 0 Å². The molecular weight excluding hydrogens is 195 g/mol. The van der Waals surface area contributed by atoms with E-state index < -0.39 is 0 Å². The van der Waals surface area contributed by atoms with Crippen molar-refractivity contribution in [1.29, 1.82) is 0 Å². The monoisotopic (exact) mass is 218 g/mol. The molecule has 80 valence electrons. The van der Waals surface area contributed by atoms with E-state index in [1.54, 1.807) is 0 Å². The van der Waals surface area contributed by atoms with Crippen molar-refractivity contribution in [2.75, 3.05) is 0 Å². The predicted molar refractivity (Wildman–Crippen MR) is 61.9 cm³/mol. The van der Waals surface area contributed by atoms with Crippen molar-refractivity contribution in [3.8, 4) is 0 Å². The van der Waals surface area contributed by atoms with Crippen LogP contribution < -0.4 is 11.9 Å². The summed E-state index contributed by atoms with van der Waals surface area (Å²) in [4.78, 5) is 0. The lowest BCUT2D eigenvalue weighted by molar-refractivity contribution is 0.194. The van der Waals surface area contributed by atoms with Gasteiger partial charge < -0.3 is 11.9 Å². The van der Waals surface area contributed by atoms with Gasteiger partial charge in [0.2, 0.25) is 0 Å². The summed E-state index contributed by atoms with van der Waals surface area (Å²) >= 11 is 0. The molecule has 0 fully saturated rings. The summed E-state index contributed by atoms with van der Waals surface area (Å²) in [6.07, 6.45) is 1.14. The molecule has 0 aliphatic rings. The van der Waals surface area contributed by atoms with Crippen LogP contribution in [0.25, 0.3) is 0 Å². The van der Waals surface area contributed by atoms with E-state index in [4.69, 9.17) is 5.73 Å². The van der Waals surface area contributed by atoms with Gasteiger partial charge in [-0.05, 0) is 25.7 Å². The van der Waals surface area contributed by atoms with Crippen LogP contribution in [0, 0.1) is 5.41 Å². The highest BCUT2D eigenvalue weighted by Gasteiger charge is 2.30. The lowest BCUT2D eigenvalue weighted by Gasteiger charge is -2.37. The van der Waals surface area contributed by atoms with Gasteiger partial charge >= 0.3 is 0 Å². The first-order valence-corrected chi connectivity index (χ1v) is 3.60. The van der Waals surface area contributed by atoms with Crippen molar-refractivity contribution in [3.63, 3.8) is 0 Å². The molecule has 2 nitrogen and oxygen atoms in total. The summed E-state index contributed by atoms with van der Waals surface area (Å²) in [6.45, 7) is 10.7. The maximum Gasteiger partial charge on any atom is 0.0148 e. The standard InChI is InChI=1S/C8H19N.2ClH.H3N/c1-6-7(2,3)8(4,5)9;;;/h6,9H2,1-5H3;2*1H;1H3. The molecule has 0 aliphatic carbocycles. The lowest BCUT2D eigenvalue weighted by Crippen LogP contribution is -2.46. The fourth-order valence-corrected chi connectivity index (χ4v) is 0.456. The third-order valence-electron chi connectivity index (χ3n) is 2.63. The minimum Gasteiger partial charge on any atom is -0.344 e. The smallest absolute Gasteiger partial charge is 0.0148 e. The van der Waals surface area contributed by atoms with E-state index in [1.165, 1.54) is 0 Å². The number of hydrogen-bond donors (Lipinski definition) is 2. The Bertz CT molecular complexity index is 97.7. The van der Waals surface area contributed by atoms with Crippen LogP contribution in [0.4, 0.5) is 0 Å². The molecule has 12 heavy (non-hydrogen) atoms. The van der Waals surface area contributed by atoms with Gasteiger partial charge in [0.25, 0.3) is 0 Å². The Morgan fingerprint density at radius 2 is 1.25 bits per heavy atom. The first kappa shape index (κ1) is 22.9. The van der Waals surface area contributed by atoms with Crippen molar-refractivity contribution in [1.82, 2.24) is 6.15 Å². The SMILES string of the molecule is CCC(C)(C)C(C)(C)N.Cl.Cl.N. The summed E-state index contributed by atoms with van der Waals surface area (Å²) in [5.41, 5.74) is 6.13. The Kier molecular flexibility index (Phi) is 13.3. The molecule has 0 aromatic rings. The Morgan fingerprint density at radius 3 is 1.25 bits per heavy atom. The van der Waals surface area contributed by atoms with Crippen LogP contribution in [0.2, 0.25) is 0 Å². The van der Waals surface area contributed by atoms with Gasteiger partial charge in [-0.3, -0.25) is 0 Å². The summed E-state index contributed by atoms with van der Waals surface area (Å²) in [6, 6.07) is 0. The summed E-state index contributed by atoms with van der Waals surface area (Å²) in [5, 5.41) is 0. The van der Waals surface area contributed by atoms with Gasteiger partial charge in [0, 0.05) is 5.54 Å². The van der Waals surface area contributed by atoms with Crippen molar-refractivity contribution in [2.24, 2.45) is 11.1 Å². The topological polar surface area (TPSA) is 61.0 Å². The van der Waals surface area contributed by atoms with E-state index in [0.29, 0.717) is 0 Å². The molecule has 0 saturated heterocycles. The average Bonchev–Trinajstić information content (AvgIpc) is 1.64. The molecule has 0 heterocycles. The van der Waals surface area contributed by atoms with Crippen molar-refractivity contribution < 1.29 is 0 Å². The van der Waals surface area contributed by atoms with Gasteiger partial charge in [0.05, 0.1) is 0 Å². The van der Waals surface area contributed by atoms with Crippen molar-refractivity contribution in [2.45, 2.75) is 46.6 Å². The molecule has 0 rings (SSSR count). The van der Waals surface area contributed by atoms with Crippen LogP contribution in [-0.2, 0) is 0 Å². The molecular formula is C8H24Cl2N2. The lowest BCUT2D eigenvalue weighted by atomic mass is 9.73. The molecule has 4 heteroatoms. The third kappa shape index (κ3) is 6.06. The largest absolute Gasteiger partial charge is 0.344 e. The Hall–Kier alpha value is 0.500. The Morgan fingerprint density at radius 1 is 1.00 bits per heavy atom. The predicted octanol–water partition coefficient (Wildman–Crippen LogP) is 3.17. The van der Waals surface area contributed by atoms with Crippen LogP contribution in [0.3, 0.4) is 0 Å². The zero-order valence-electron chi connectivity index (χ0n) is 8.81. The first-order valence-electron chi connectivity index (χ1n) is 3.60. The van der Waals surface area contributed by atoms with Crippen LogP contribution >= 0.6 is 24.8 Å². The zero-order chi connectivity index (χ0) is 7.71. The van der Waals surface area contributed by atoms with Crippen LogP contribution in [0.1, 0.15) is 41.0 Å². The molecule has 0 amide bonds. The molecule has 0 spiro atoms. The summed E-state index contributed by atoms with van der Waals surface area (Å²) in [7, 11) is 0. The molecule has 5 N–H and O–H groups in total. The normalized spacial score (nSPS) is 10.5. The fourth-order valence-electron chi connectivity index (χ4n) is 0.456. The van der Waals surface area contributed by atoms with Gasteiger partial charge in [0.1, 0.15) is 0 Å². The fraction of sp³-hybridized carbons (Fsp3) is 1.00.